The summed E-state index contributed by atoms with van der Waals surface area (Å²) < 4.78 is 14.9. The molecule has 10 nitrogen and oxygen atoms in total. The Bertz CT molecular complexity index is 1490. The molecule has 0 spiro atoms. The number of nitrogens with one attached hydrogen (secondary N) is 2. The fourth-order valence-corrected chi connectivity index (χ4v) is 5.96. The lowest BCUT2D eigenvalue weighted by Gasteiger charge is -2.17. The van der Waals surface area contributed by atoms with E-state index in [1.165, 1.54) is 34.1 Å². The normalized spacial score (nSPS) is 26.1. The zero-order chi connectivity index (χ0) is 27.1. The van der Waals surface area contributed by atoms with Crippen molar-refractivity contribution in [2.45, 2.75) is 60.0 Å². The third-order valence-electron chi connectivity index (χ3n) is 7.32. The number of anilines is 1. The highest BCUT2D eigenvalue weighted by Gasteiger charge is 2.47. The molecule has 0 bridgehead atoms. The summed E-state index contributed by atoms with van der Waals surface area (Å²) in [5.41, 5.74) is 2.05. The zero-order valence-electron chi connectivity index (χ0n) is 21.1. The monoisotopic (exact) mass is 549 g/mol. The molecule has 1 amide bonds. The third-order valence-corrected chi connectivity index (χ3v) is 8.19. The minimum Gasteiger partial charge on any atom is -0.390 e. The van der Waals surface area contributed by atoms with Gasteiger partial charge in [-0.25, -0.2) is 19.0 Å². The predicted molar refractivity (Wildman–Crippen MR) is 143 cm³/mol. The van der Waals surface area contributed by atoms with E-state index < -0.39 is 24.2 Å². The van der Waals surface area contributed by atoms with Gasteiger partial charge in [0.25, 0.3) is 0 Å². The van der Waals surface area contributed by atoms with Crippen LogP contribution < -0.4 is 10.6 Å². The Morgan fingerprint density at radius 1 is 1.08 bits per heavy atom. The van der Waals surface area contributed by atoms with Crippen molar-refractivity contribution >= 4 is 34.7 Å². The molecular formula is C27H28FN7O3S. The smallest absolute Gasteiger partial charge is 0.225 e. The summed E-state index contributed by atoms with van der Waals surface area (Å²) in [6.07, 6.45) is -1.36. The third kappa shape index (κ3) is 5.07. The lowest BCUT2D eigenvalue weighted by Crippen LogP contribution is -2.38. The quantitative estimate of drug-likeness (QED) is 0.244. The molecule has 0 aliphatic heterocycles. The second-order valence-corrected chi connectivity index (χ2v) is 10.9. The predicted octanol–water partition coefficient (Wildman–Crippen LogP) is 2.90. The fraction of sp³-hybridized carbons (Fsp3) is 0.370. The first-order valence-corrected chi connectivity index (χ1v) is 13.8. The van der Waals surface area contributed by atoms with Crippen molar-refractivity contribution < 1.29 is 19.4 Å². The summed E-state index contributed by atoms with van der Waals surface area (Å²) in [5, 5.41) is 36.7. The van der Waals surface area contributed by atoms with E-state index in [-0.39, 0.29) is 24.2 Å². The summed E-state index contributed by atoms with van der Waals surface area (Å²) in [7, 11) is 0. The van der Waals surface area contributed by atoms with Crippen molar-refractivity contribution in [1.82, 2.24) is 30.3 Å². The number of carbonyl (C=O) groups is 1. The molecule has 2 saturated carbocycles. The molecule has 12 heteroatoms. The van der Waals surface area contributed by atoms with Crippen LogP contribution in [0.4, 0.5) is 10.2 Å². The molecule has 2 aromatic carbocycles. The fourth-order valence-electron chi connectivity index (χ4n) is 5.20. The molecular weight excluding hydrogens is 521 g/mol. The number of nitrogens with zero attached hydrogens (tertiary/aromatic N) is 5. The van der Waals surface area contributed by atoms with Crippen molar-refractivity contribution in [2.24, 2.45) is 5.92 Å². The molecule has 0 saturated heterocycles. The van der Waals surface area contributed by atoms with Crippen LogP contribution in [-0.4, -0.2) is 65.9 Å². The summed E-state index contributed by atoms with van der Waals surface area (Å²) in [6.45, 7) is 2.22. The number of amides is 1. The summed E-state index contributed by atoms with van der Waals surface area (Å²) in [5.74, 6) is -0.593. The molecule has 2 aliphatic carbocycles. The standard InChI is InChI=1S/C27H28FN7O3S/c1-2-29-26(38)18-13-20(23(37)22(18)36)35-25-21(33-34-35)24(30-19-12-17(19)14-6-4-3-5-7-14)31-27(32-25)39-16-10-8-15(28)9-11-16/h3-11,17-20,22-23,36-37H,2,12-13H2,1H3,(H,29,38)(H,30,31,32). The number of fused-ring (bicyclic) bond motifs is 1. The Morgan fingerprint density at radius 3 is 2.59 bits per heavy atom. The van der Waals surface area contributed by atoms with Gasteiger partial charge >= 0.3 is 0 Å². The van der Waals surface area contributed by atoms with Crippen LogP contribution in [0, 0.1) is 11.7 Å². The van der Waals surface area contributed by atoms with Crippen molar-refractivity contribution in [2.75, 3.05) is 11.9 Å². The number of halogens is 1. The summed E-state index contributed by atoms with van der Waals surface area (Å²) in [4.78, 5) is 22.7. The number of hydrogen-bond donors (Lipinski definition) is 4. The maximum Gasteiger partial charge on any atom is 0.225 e. The van der Waals surface area contributed by atoms with Gasteiger partial charge < -0.3 is 20.8 Å². The lowest BCUT2D eigenvalue weighted by molar-refractivity contribution is -0.128. The van der Waals surface area contributed by atoms with Crippen molar-refractivity contribution in [1.29, 1.82) is 0 Å². The van der Waals surface area contributed by atoms with Gasteiger partial charge in [0.15, 0.2) is 22.1 Å². The lowest BCUT2D eigenvalue weighted by atomic mass is 10.0. The number of benzene rings is 2. The molecule has 2 fully saturated rings. The van der Waals surface area contributed by atoms with E-state index in [0.29, 0.717) is 34.6 Å². The number of rotatable bonds is 8. The minimum atomic E-state index is -1.24. The van der Waals surface area contributed by atoms with Crippen LogP contribution in [0.15, 0.2) is 64.6 Å². The van der Waals surface area contributed by atoms with Gasteiger partial charge in [-0.1, -0.05) is 35.5 Å². The molecule has 6 unspecified atom stereocenters. The largest absolute Gasteiger partial charge is 0.390 e. The van der Waals surface area contributed by atoms with Gasteiger partial charge in [-0.05, 0) is 61.4 Å². The first-order valence-electron chi connectivity index (χ1n) is 12.9. The first-order chi connectivity index (χ1) is 18.9. The maximum absolute atomic E-state index is 13.5. The molecule has 39 heavy (non-hydrogen) atoms. The van der Waals surface area contributed by atoms with Crippen LogP contribution in [0.1, 0.15) is 37.3 Å². The van der Waals surface area contributed by atoms with E-state index in [9.17, 15) is 19.4 Å². The molecule has 0 radical (unpaired) electrons. The average Bonchev–Trinajstić information content (AvgIpc) is 3.48. The van der Waals surface area contributed by atoms with Gasteiger partial charge in [-0.15, -0.1) is 5.10 Å². The Hall–Kier alpha value is -3.61. The summed E-state index contributed by atoms with van der Waals surface area (Å²) >= 11 is 1.26. The van der Waals surface area contributed by atoms with Crippen LogP contribution in [-0.2, 0) is 4.79 Å². The molecule has 2 aromatic heterocycles. The van der Waals surface area contributed by atoms with Crippen molar-refractivity contribution in [3.8, 4) is 0 Å². The number of hydrogen-bond acceptors (Lipinski definition) is 9. The molecule has 202 valence electrons. The van der Waals surface area contributed by atoms with Crippen LogP contribution in [0.3, 0.4) is 0 Å². The van der Waals surface area contributed by atoms with Gasteiger partial charge in [0.05, 0.1) is 18.1 Å². The average molecular weight is 550 g/mol. The van der Waals surface area contributed by atoms with Gasteiger partial charge in [0.1, 0.15) is 11.9 Å². The molecule has 2 aliphatic rings. The summed E-state index contributed by atoms with van der Waals surface area (Å²) in [6, 6.07) is 15.7. The van der Waals surface area contributed by atoms with Crippen molar-refractivity contribution in [3.05, 3.63) is 66.0 Å². The Balaban J connectivity index is 1.35. The topological polar surface area (TPSA) is 138 Å². The first kappa shape index (κ1) is 25.7. The highest BCUT2D eigenvalue weighted by Crippen LogP contribution is 2.44. The number of carbonyl (C=O) groups excluding carboxylic acids is 1. The van der Waals surface area contributed by atoms with Gasteiger partial charge in [-0.3, -0.25) is 4.79 Å². The Kier molecular flexibility index (Phi) is 6.92. The van der Waals surface area contributed by atoms with Gasteiger partial charge in [0.2, 0.25) is 5.91 Å². The number of aliphatic hydroxyl groups excluding tert-OH is 2. The number of aromatic nitrogens is 5. The molecule has 4 N–H and O–H groups in total. The van der Waals surface area contributed by atoms with E-state index in [1.54, 1.807) is 19.1 Å². The van der Waals surface area contributed by atoms with E-state index in [4.69, 9.17) is 9.97 Å². The molecule has 4 aromatic rings. The van der Waals surface area contributed by atoms with Crippen LogP contribution in [0.2, 0.25) is 0 Å². The molecule has 2 heterocycles. The van der Waals surface area contributed by atoms with Gasteiger partial charge in [-0.2, -0.15) is 0 Å². The highest BCUT2D eigenvalue weighted by molar-refractivity contribution is 7.99. The Labute approximate surface area is 228 Å². The second-order valence-electron chi connectivity index (χ2n) is 9.91. The van der Waals surface area contributed by atoms with Crippen LogP contribution in [0.25, 0.3) is 11.2 Å². The van der Waals surface area contributed by atoms with E-state index >= 15 is 0 Å². The van der Waals surface area contributed by atoms with Crippen LogP contribution >= 0.6 is 11.8 Å². The zero-order valence-corrected chi connectivity index (χ0v) is 21.9. The van der Waals surface area contributed by atoms with E-state index in [1.807, 2.05) is 18.2 Å². The van der Waals surface area contributed by atoms with Crippen molar-refractivity contribution in [3.63, 3.8) is 0 Å². The van der Waals surface area contributed by atoms with E-state index in [0.717, 1.165) is 11.3 Å². The van der Waals surface area contributed by atoms with E-state index in [2.05, 4.69) is 33.1 Å². The Morgan fingerprint density at radius 2 is 1.85 bits per heavy atom. The molecule has 6 atom stereocenters. The minimum absolute atomic E-state index is 0.153. The highest BCUT2D eigenvalue weighted by atomic mass is 32.2. The van der Waals surface area contributed by atoms with Gasteiger partial charge in [0, 0.05) is 23.4 Å². The second kappa shape index (κ2) is 10.5. The maximum atomic E-state index is 13.5. The SMILES string of the molecule is CCNC(=O)C1CC(n2nnc3c(NC4CC4c4ccccc4)nc(Sc4ccc(F)cc4)nc32)C(O)C1O. The number of aliphatic hydroxyl groups is 2. The molecule has 6 rings (SSSR count). The van der Waals surface area contributed by atoms with Crippen LogP contribution in [0.5, 0.6) is 0 Å².